The number of allylic oxidation sites excluding steroid dienone is 2. The van der Waals surface area contributed by atoms with Crippen LogP contribution in [0.1, 0.15) is 49.0 Å². The molecule has 1 aliphatic rings. The summed E-state index contributed by atoms with van der Waals surface area (Å²) in [6.45, 7) is 2.10. The molecule has 0 spiro atoms. The molecule has 7 heteroatoms. The maximum absolute atomic E-state index is 10.7. The van der Waals surface area contributed by atoms with Gasteiger partial charge in [-0.15, -0.1) is 11.3 Å². The van der Waals surface area contributed by atoms with Gasteiger partial charge in [0.15, 0.2) is 0 Å². The quantitative estimate of drug-likeness (QED) is 0.199. The Labute approximate surface area is 190 Å². The van der Waals surface area contributed by atoms with E-state index in [2.05, 4.69) is 35.6 Å². The lowest BCUT2D eigenvalue weighted by Gasteiger charge is -2.19. The lowest BCUT2D eigenvalue weighted by atomic mass is 9.89. The molecule has 1 aromatic rings. The van der Waals surface area contributed by atoms with E-state index in [1.54, 1.807) is 17.4 Å². The molecule has 0 saturated heterocycles. The summed E-state index contributed by atoms with van der Waals surface area (Å²) >= 11 is 4.08. The molecule has 29 heavy (non-hydrogen) atoms. The number of rotatable bonds is 11. The summed E-state index contributed by atoms with van der Waals surface area (Å²) in [6, 6.07) is 2.16. The van der Waals surface area contributed by atoms with Crippen molar-refractivity contribution in [2.45, 2.75) is 70.2 Å². The van der Waals surface area contributed by atoms with Crippen LogP contribution >= 0.6 is 33.9 Å². The number of halogens is 1. The topological polar surface area (TPSA) is 104 Å². The van der Waals surface area contributed by atoms with Gasteiger partial charge in [0.2, 0.25) is 5.91 Å². The average Bonchev–Trinajstić information content (AvgIpc) is 3.11. The van der Waals surface area contributed by atoms with Crippen LogP contribution < -0.4 is 5.73 Å². The summed E-state index contributed by atoms with van der Waals surface area (Å²) < 4.78 is 1.26. The lowest BCUT2D eigenvalue weighted by molar-refractivity contribution is -0.118. The van der Waals surface area contributed by atoms with E-state index in [9.17, 15) is 20.1 Å². The van der Waals surface area contributed by atoms with Crippen LogP contribution in [0, 0.1) is 21.6 Å². The first-order chi connectivity index (χ1) is 13.8. The molecule has 2 rings (SSSR count). The van der Waals surface area contributed by atoms with Crippen molar-refractivity contribution in [2.24, 2.45) is 17.6 Å². The molecule has 1 amide bonds. The Morgan fingerprint density at radius 3 is 2.79 bits per heavy atom. The first-order valence-corrected chi connectivity index (χ1v) is 12.1. The van der Waals surface area contributed by atoms with Crippen LogP contribution in [0.25, 0.3) is 0 Å². The second-order valence-electron chi connectivity index (χ2n) is 7.82. The molecule has 5 unspecified atom stereocenters. The summed E-state index contributed by atoms with van der Waals surface area (Å²) in [4.78, 5) is 12.0. The number of nitrogens with two attached hydrogens (primary N) is 1. The molecule has 1 aliphatic carbocycles. The van der Waals surface area contributed by atoms with Crippen molar-refractivity contribution in [3.8, 4) is 0 Å². The van der Waals surface area contributed by atoms with Crippen molar-refractivity contribution in [3.05, 3.63) is 43.7 Å². The van der Waals surface area contributed by atoms with Gasteiger partial charge in [0, 0.05) is 23.6 Å². The highest BCUT2D eigenvalue weighted by Crippen LogP contribution is 2.36. The van der Waals surface area contributed by atoms with Crippen molar-refractivity contribution in [1.82, 2.24) is 0 Å². The summed E-state index contributed by atoms with van der Waals surface area (Å²) in [5.41, 5.74) is 6.40. The predicted octanol–water partition coefficient (Wildman–Crippen LogP) is 3.47. The second-order valence-corrected chi connectivity index (χ2v) is 10.9. The number of carbonyl (C=O) groups is 1. The van der Waals surface area contributed by atoms with E-state index in [0.717, 1.165) is 19.3 Å². The zero-order valence-electron chi connectivity index (χ0n) is 16.8. The van der Waals surface area contributed by atoms with E-state index in [1.807, 2.05) is 18.2 Å². The molecular formula is C22H32INO4S. The molecule has 5 N–H and O–H groups in total. The fourth-order valence-electron chi connectivity index (χ4n) is 3.83. The van der Waals surface area contributed by atoms with Gasteiger partial charge in [0.05, 0.1) is 21.2 Å². The first kappa shape index (κ1) is 24.5. The Kier molecular flexibility index (Phi) is 10.3. The van der Waals surface area contributed by atoms with Crippen LogP contribution in [0.5, 0.6) is 0 Å². The minimum atomic E-state index is -0.595. The summed E-state index contributed by atoms with van der Waals surface area (Å²) in [5.74, 6) is -0.526. The van der Waals surface area contributed by atoms with Crippen LogP contribution in [-0.4, -0.2) is 39.5 Å². The molecule has 0 bridgehead atoms. The number of aryl methyl sites for hydroxylation is 2. The average molecular weight is 533 g/mol. The molecule has 1 fully saturated rings. The van der Waals surface area contributed by atoms with Crippen LogP contribution in [0.15, 0.2) is 30.4 Å². The minimum Gasteiger partial charge on any atom is -0.393 e. The van der Waals surface area contributed by atoms with Crippen molar-refractivity contribution in [1.29, 1.82) is 0 Å². The van der Waals surface area contributed by atoms with Crippen molar-refractivity contribution in [2.75, 3.05) is 0 Å². The molecule has 1 aromatic heterocycles. The van der Waals surface area contributed by atoms with Crippen LogP contribution in [-0.2, 0) is 11.2 Å². The van der Waals surface area contributed by atoms with Crippen LogP contribution in [0.2, 0.25) is 0 Å². The second kappa shape index (κ2) is 12.2. The monoisotopic (exact) mass is 533 g/mol. The third-order valence-corrected chi connectivity index (χ3v) is 7.56. The van der Waals surface area contributed by atoms with E-state index in [-0.39, 0.29) is 17.7 Å². The van der Waals surface area contributed by atoms with E-state index in [1.165, 1.54) is 13.3 Å². The maximum Gasteiger partial charge on any atom is 0.217 e. The molecular weight excluding hydrogens is 501 g/mol. The molecule has 162 valence electrons. The van der Waals surface area contributed by atoms with E-state index in [0.29, 0.717) is 25.7 Å². The highest BCUT2D eigenvalue weighted by Gasteiger charge is 2.39. The van der Waals surface area contributed by atoms with Gasteiger partial charge in [0.1, 0.15) is 0 Å². The number of primary amides is 1. The number of thiophene rings is 1. The molecule has 1 heterocycles. The van der Waals surface area contributed by atoms with Crippen LogP contribution in [0.3, 0.4) is 0 Å². The number of unbranched alkanes of at least 4 members (excludes halogenated alkanes) is 1. The smallest absolute Gasteiger partial charge is 0.217 e. The van der Waals surface area contributed by atoms with Gasteiger partial charge in [-0.05, 0) is 79.2 Å². The molecule has 0 aromatic carbocycles. The van der Waals surface area contributed by atoms with Crippen molar-refractivity contribution >= 4 is 39.8 Å². The Morgan fingerprint density at radius 2 is 2.14 bits per heavy atom. The van der Waals surface area contributed by atoms with Gasteiger partial charge in [-0.2, -0.15) is 0 Å². The van der Waals surface area contributed by atoms with Crippen molar-refractivity contribution in [3.63, 3.8) is 0 Å². The fourth-order valence-corrected chi connectivity index (χ4v) is 6.01. The number of amides is 1. The van der Waals surface area contributed by atoms with Gasteiger partial charge < -0.3 is 21.1 Å². The third kappa shape index (κ3) is 8.13. The van der Waals surface area contributed by atoms with Gasteiger partial charge in [-0.1, -0.05) is 24.3 Å². The highest BCUT2D eigenvalue weighted by molar-refractivity contribution is 14.1. The normalized spacial score (nSPS) is 26.0. The fraction of sp³-hybridized carbons (Fsp3) is 0.591. The Bertz CT molecular complexity index is 718. The summed E-state index contributed by atoms with van der Waals surface area (Å²) in [6.07, 6.45) is 10.3. The number of aliphatic hydroxyl groups is 3. The molecule has 1 saturated carbocycles. The first-order valence-electron chi connectivity index (χ1n) is 10.2. The molecule has 0 aliphatic heterocycles. The maximum atomic E-state index is 10.7. The van der Waals surface area contributed by atoms with Crippen molar-refractivity contribution < 1.29 is 20.1 Å². The van der Waals surface area contributed by atoms with Crippen LogP contribution in [0.4, 0.5) is 0 Å². The zero-order valence-corrected chi connectivity index (χ0v) is 19.8. The standard InChI is InChI=1S/C22H32INO4S/c1-14-12-21(23)29-20(14)11-9-15(25)8-10-17-16(18(26)13-19(17)27)6-4-2-3-5-7-22(24)28/h2,4,8,10,12,15-19,25-27H,3,5-7,9,11,13H2,1H3,(H2,24,28)/b4-2+,10-8+. The summed E-state index contributed by atoms with van der Waals surface area (Å²) in [5, 5.41) is 31.0. The lowest BCUT2D eigenvalue weighted by Crippen LogP contribution is -2.20. The predicted molar refractivity (Wildman–Crippen MR) is 126 cm³/mol. The van der Waals surface area contributed by atoms with E-state index < -0.39 is 18.3 Å². The largest absolute Gasteiger partial charge is 0.393 e. The minimum absolute atomic E-state index is 0.0676. The molecule has 5 nitrogen and oxygen atoms in total. The Morgan fingerprint density at radius 1 is 1.38 bits per heavy atom. The van der Waals surface area contributed by atoms with Gasteiger partial charge in [-0.25, -0.2) is 0 Å². The number of aliphatic hydroxyl groups excluding tert-OH is 3. The van der Waals surface area contributed by atoms with E-state index >= 15 is 0 Å². The third-order valence-electron chi connectivity index (χ3n) is 5.50. The van der Waals surface area contributed by atoms with Gasteiger partial charge >= 0.3 is 0 Å². The highest BCUT2D eigenvalue weighted by atomic mass is 127. The SMILES string of the molecule is Cc1cc(I)sc1CCC(O)/C=C/C1C(O)CC(O)C1C/C=C/CCCC(N)=O. The molecule has 0 radical (unpaired) electrons. The number of carbonyl (C=O) groups excluding carboxylic acids is 1. The summed E-state index contributed by atoms with van der Waals surface area (Å²) in [7, 11) is 0. The zero-order chi connectivity index (χ0) is 21.4. The van der Waals surface area contributed by atoms with Gasteiger partial charge in [0.25, 0.3) is 0 Å². The Balaban J connectivity index is 1.84. The molecule has 5 atom stereocenters. The number of hydrogen-bond donors (Lipinski definition) is 4. The number of hydrogen-bond acceptors (Lipinski definition) is 5. The Hall–Kier alpha value is -0.740. The van der Waals surface area contributed by atoms with E-state index in [4.69, 9.17) is 5.73 Å². The van der Waals surface area contributed by atoms with Gasteiger partial charge in [-0.3, -0.25) is 4.79 Å².